The molecule has 0 heterocycles. The summed E-state index contributed by atoms with van der Waals surface area (Å²) >= 11 is 0. The molecule has 1 N–H and O–H groups in total. The monoisotopic (exact) mass is 229 g/mol. The summed E-state index contributed by atoms with van der Waals surface area (Å²) in [7, 11) is 0. The van der Waals surface area contributed by atoms with Crippen LogP contribution in [0.1, 0.15) is 11.1 Å². The van der Waals surface area contributed by atoms with E-state index in [9.17, 15) is 0 Å². The highest BCUT2D eigenvalue weighted by molar-refractivity contribution is 5.75. The first kappa shape index (κ1) is 12.7. The van der Waals surface area contributed by atoms with Gasteiger partial charge >= 0.3 is 0 Å². The minimum absolute atomic E-state index is 0. The van der Waals surface area contributed by atoms with E-state index in [0.717, 1.165) is 13.1 Å². The maximum Gasteiger partial charge on any atom is 0.0208 e. The maximum absolute atomic E-state index is 3.42. The Morgan fingerprint density at radius 1 is 0.625 bits per heavy atom. The lowest BCUT2D eigenvalue weighted by Crippen LogP contribution is -2.12. The van der Waals surface area contributed by atoms with E-state index < -0.39 is 0 Å². The predicted octanol–water partition coefficient (Wildman–Crippen LogP) is 1.52. The minimum Gasteiger partial charge on any atom is -0.309 e. The van der Waals surface area contributed by atoms with Gasteiger partial charge in [-0.1, -0.05) is 60.7 Å². The lowest BCUT2D eigenvalue weighted by Gasteiger charge is -2.04. The Kier molecular flexibility index (Phi) is 5.54. The third-order valence-electron chi connectivity index (χ3n) is 2.34. The first-order valence-corrected chi connectivity index (χ1v) is 5.24. The lowest BCUT2D eigenvalue weighted by molar-refractivity contribution is 0.693. The molecule has 2 heteroatoms. The molecule has 0 aliphatic rings. The molecule has 0 saturated heterocycles. The Hall–Kier alpha value is -1.38. The third-order valence-corrected chi connectivity index (χ3v) is 2.34. The van der Waals surface area contributed by atoms with E-state index in [4.69, 9.17) is 0 Å². The van der Waals surface area contributed by atoms with E-state index >= 15 is 0 Å². The molecule has 16 heavy (non-hydrogen) atoms. The fourth-order valence-electron chi connectivity index (χ4n) is 1.54. The number of hydrogen-bond donors (Lipinski definition) is 1. The van der Waals surface area contributed by atoms with Crippen LogP contribution in [-0.2, 0) is 13.1 Å². The molecule has 1 nitrogen and oxygen atoms in total. The Morgan fingerprint density at radius 2 is 1.00 bits per heavy atom. The SMILES string of the molecule is [SiH4].c1ccc(CNCc2ccccc2)cc1. The van der Waals surface area contributed by atoms with Crippen LogP contribution < -0.4 is 5.32 Å². The quantitative estimate of drug-likeness (QED) is 0.784. The fourth-order valence-corrected chi connectivity index (χ4v) is 1.54. The van der Waals surface area contributed by atoms with E-state index in [2.05, 4.69) is 53.8 Å². The molecule has 0 atom stereocenters. The minimum atomic E-state index is 0. The van der Waals surface area contributed by atoms with E-state index in [1.54, 1.807) is 0 Å². The lowest BCUT2D eigenvalue weighted by atomic mass is 10.2. The van der Waals surface area contributed by atoms with Gasteiger partial charge in [-0.05, 0) is 22.1 Å². The molecular formula is C14H19NSi. The molecule has 0 saturated carbocycles. The van der Waals surface area contributed by atoms with Crippen LogP contribution in [0.15, 0.2) is 60.7 Å². The van der Waals surface area contributed by atoms with Crippen molar-refractivity contribution < 1.29 is 0 Å². The zero-order chi connectivity index (χ0) is 10.3. The average Bonchev–Trinajstić information content (AvgIpc) is 2.32. The molecule has 2 rings (SSSR count). The van der Waals surface area contributed by atoms with Crippen LogP contribution in [0.2, 0.25) is 0 Å². The summed E-state index contributed by atoms with van der Waals surface area (Å²) in [6.07, 6.45) is 0. The molecule has 2 aromatic rings. The van der Waals surface area contributed by atoms with Crippen molar-refractivity contribution >= 4 is 11.0 Å². The van der Waals surface area contributed by atoms with Crippen molar-refractivity contribution in [3.63, 3.8) is 0 Å². The molecule has 0 amide bonds. The van der Waals surface area contributed by atoms with Gasteiger partial charge in [0.05, 0.1) is 0 Å². The molecule has 0 radical (unpaired) electrons. The Morgan fingerprint density at radius 3 is 1.38 bits per heavy atom. The van der Waals surface area contributed by atoms with E-state index in [1.165, 1.54) is 11.1 Å². The zero-order valence-corrected chi connectivity index (χ0v) is 8.69. The highest BCUT2D eigenvalue weighted by Crippen LogP contribution is 2.00. The number of benzene rings is 2. The number of nitrogens with one attached hydrogen (secondary N) is 1. The van der Waals surface area contributed by atoms with Gasteiger partial charge in [-0.25, -0.2) is 0 Å². The summed E-state index contributed by atoms with van der Waals surface area (Å²) in [5, 5.41) is 3.42. The zero-order valence-electron chi connectivity index (χ0n) is 8.69. The van der Waals surface area contributed by atoms with Crippen LogP contribution in [0.4, 0.5) is 0 Å². The van der Waals surface area contributed by atoms with Gasteiger partial charge in [0.2, 0.25) is 0 Å². The molecular weight excluding hydrogens is 210 g/mol. The molecule has 0 spiro atoms. The van der Waals surface area contributed by atoms with Crippen LogP contribution in [-0.4, -0.2) is 11.0 Å². The van der Waals surface area contributed by atoms with Crippen LogP contribution in [0.5, 0.6) is 0 Å². The smallest absolute Gasteiger partial charge is 0.0208 e. The van der Waals surface area contributed by atoms with Gasteiger partial charge in [0.15, 0.2) is 0 Å². The first-order valence-electron chi connectivity index (χ1n) is 5.24. The van der Waals surface area contributed by atoms with Crippen molar-refractivity contribution in [1.82, 2.24) is 5.32 Å². The molecule has 0 bridgehead atoms. The van der Waals surface area contributed by atoms with Gasteiger partial charge in [-0.15, -0.1) is 0 Å². The molecule has 2 aromatic carbocycles. The second kappa shape index (κ2) is 6.98. The van der Waals surface area contributed by atoms with Gasteiger partial charge in [0.25, 0.3) is 0 Å². The van der Waals surface area contributed by atoms with Crippen LogP contribution in [0.25, 0.3) is 0 Å². The molecule has 0 fully saturated rings. The van der Waals surface area contributed by atoms with Crippen LogP contribution in [0.3, 0.4) is 0 Å². The largest absolute Gasteiger partial charge is 0.309 e. The number of rotatable bonds is 4. The Balaban J connectivity index is 0.00000128. The molecule has 0 aromatic heterocycles. The first-order chi connectivity index (χ1) is 7.45. The van der Waals surface area contributed by atoms with E-state index in [1.807, 2.05) is 12.1 Å². The van der Waals surface area contributed by atoms with Gasteiger partial charge in [0, 0.05) is 13.1 Å². The summed E-state index contributed by atoms with van der Waals surface area (Å²) in [6, 6.07) is 20.9. The van der Waals surface area contributed by atoms with Crippen molar-refractivity contribution in [2.24, 2.45) is 0 Å². The summed E-state index contributed by atoms with van der Waals surface area (Å²) in [4.78, 5) is 0. The van der Waals surface area contributed by atoms with Crippen molar-refractivity contribution in [3.05, 3.63) is 71.8 Å². The molecule has 84 valence electrons. The number of hydrogen-bond acceptors (Lipinski definition) is 1. The summed E-state index contributed by atoms with van der Waals surface area (Å²) in [5.41, 5.74) is 2.65. The third kappa shape index (κ3) is 4.01. The van der Waals surface area contributed by atoms with Crippen LogP contribution >= 0.6 is 0 Å². The van der Waals surface area contributed by atoms with Crippen molar-refractivity contribution in [2.45, 2.75) is 13.1 Å². The summed E-state index contributed by atoms with van der Waals surface area (Å²) in [5.74, 6) is 0. The highest BCUT2D eigenvalue weighted by Gasteiger charge is 1.92. The molecule has 0 aliphatic heterocycles. The Labute approximate surface area is 102 Å². The highest BCUT2D eigenvalue weighted by atomic mass is 28.1. The summed E-state index contributed by atoms with van der Waals surface area (Å²) in [6.45, 7) is 1.85. The van der Waals surface area contributed by atoms with Gasteiger partial charge < -0.3 is 5.32 Å². The molecule has 0 unspecified atom stereocenters. The van der Waals surface area contributed by atoms with Gasteiger partial charge in [-0.2, -0.15) is 0 Å². The Bertz CT molecular complexity index is 346. The van der Waals surface area contributed by atoms with Crippen molar-refractivity contribution in [3.8, 4) is 0 Å². The predicted molar refractivity (Wildman–Crippen MR) is 74.8 cm³/mol. The second-order valence-corrected chi connectivity index (χ2v) is 3.57. The maximum atomic E-state index is 3.42. The van der Waals surface area contributed by atoms with Gasteiger partial charge in [-0.3, -0.25) is 0 Å². The molecule has 0 aliphatic carbocycles. The second-order valence-electron chi connectivity index (χ2n) is 3.57. The summed E-state index contributed by atoms with van der Waals surface area (Å²) < 4.78 is 0. The van der Waals surface area contributed by atoms with Gasteiger partial charge in [0.1, 0.15) is 0 Å². The van der Waals surface area contributed by atoms with E-state index in [-0.39, 0.29) is 11.0 Å². The van der Waals surface area contributed by atoms with Crippen molar-refractivity contribution in [2.75, 3.05) is 0 Å². The fraction of sp³-hybridized carbons (Fsp3) is 0.143. The normalized spacial score (nSPS) is 9.50. The topological polar surface area (TPSA) is 12.0 Å². The van der Waals surface area contributed by atoms with Crippen molar-refractivity contribution in [1.29, 1.82) is 0 Å². The average molecular weight is 229 g/mol. The standard InChI is InChI=1S/C14H15N.H4Si/c1-3-7-13(8-4-1)11-15-12-14-9-5-2-6-10-14;/h1-10,15H,11-12H2;1H4. The van der Waals surface area contributed by atoms with E-state index in [0.29, 0.717) is 0 Å². The van der Waals surface area contributed by atoms with Crippen LogP contribution in [0, 0.1) is 0 Å².